The Morgan fingerprint density at radius 2 is 2.00 bits per heavy atom. The molecular weight excluding hydrogens is 277 g/mol. The minimum atomic E-state index is -0.235. The van der Waals surface area contributed by atoms with Crippen LogP contribution in [0.5, 0.6) is 0 Å². The van der Waals surface area contributed by atoms with Gasteiger partial charge in [0.1, 0.15) is 5.82 Å². The van der Waals surface area contributed by atoms with Crippen LogP contribution in [0.2, 0.25) is 0 Å². The molecule has 0 radical (unpaired) electrons. The topological polar surface area (TPSA) is 26.0 Å². The lowest BCUT2D eigenvalue weighted by molar-refractivity contribution is 0.630. The number of anilines is 1. The molecule has 0 atom stereocenters. The zero-order chi connectivity index (χ0) is 11.0. The molecule has 2 N–H and O–H groups in total. The number of hydrogen-bond donors (Lipinski definition) is 1. The van der Waals surface area contributed by atoms with Crippen LogP contribution in [0.3, 0.4) is 0 Å². The van der Waals surface area contributed by atoms with Crippen LogP contribution in [-0.4, -0.2) is 0 Å². The molecule has 1 aromatic heterocycles. The maximum Gasteiger partial charge on any atom is 0.131 e. The van der Waals surface area contributed by atoms with Crippen LogP contribution in [0, 0.1) is 12.7 Å². The predicted octanol–water partition coefficient (Wildman–Crippen LogP) is 4.21. The third-order valence-corrected chi connectivity index (χ3v) is 3.96. The fourth-order valence-electron chi connectivity index (χ4n) is 1.37. The number of nitrogens with two attached hydrogens (primary N) is 1. The highest BCUT2D eigenvalue weighted by atomic mass is 79.9. The molecule has 15 heavy (non-hydrogen) atoms. The molecule has 0 unspecified atom stereocenters. The summed E-state index contributed by atoms with van der Waals surface area (Å²) in [6.07, 6.45) is 0. The molecule has 0 amide bonds. The molecule has 0 saturated carbocycles. The SMILES string of the molecule is Cc1cc(F)c(-c2cscc2Br)cc1N. The highest BCUT2D eigenvalue weighted by Crippen LogP contribution is 2.34. The van der Waals surface area contributed by atoms with Crippen LogP contribution >= 0.6 is 27.3 Å². The first-order chi connectivity index (χ1) is 7.09. The van der Waals surface area contributed by atoms with E-state index in [0.29, 0.717) is 11.3 Å². The molecule has 0 aliphatic carbocycles. The van der Waals surface area contributed by atoms with E-state index in [4.69, 9.17) is 5.73 Å². The second-order valence-corrected chi connectivity index (χ2v) is 4.92. The molecule has 78 valence electrons. The summed E-state index contributed by atoms with van der Waals surface area (Å²) in [6.45, 7) is 1.80. The average molecular weight is 286 g/mol. The first-order valence-electron chi connectivity index (χ1n) is 4.37. The van der Waals surface area contributed by atoms with Gasteiger partial charge in [0.25, 0.3) is 0 Å². The van der Waals surface area contributed by atoms with Crippen LogP contribution in [0.25, 0.3) is 11.1 Å². The lowest BCUT2D eigenvalue weighted by Gasteiger charge is -2.06. The second-order valence-electron chi connectivity index (χ2n) is 3.32. The molecule has 0 saturated heterocycles. The number of halogens is 2. The number of rotatable bonds is 1. The summed E-state index contributed by atoms with van der Waals surface area (Å²) >= 11 is 4.91. The van der Waals surface area contributed by atoms with E-state index >= 15 is 0 Å². The Kier molecular flexibility index (Phi) is 2.80. The molecule has 0 aliphatic rings. The highest BCUT2D eigenvalue weighted by molar-refractivity contribution is 9.10. The van der Waals surface area contributed by atoms with Crippen molar-refractivity contribution in [1.82, 2.24) is 0 Å². The average Bonchev–Trinajstić information content (AvgIpc) is 2.58. The van der Waals surface area contributed by atoms with Gasteiger partial charge >= 0.3 is 0 Å². The van der Waals surface area contributed by atoms with Gasteiger partial charge in [-0.3, -0.25) is 0 Å². The quantitative estimate of drug-likeness (QED) is 0.781. The molecular formula is C11H9BrFNS. The Bertz CT molecular complexity index is 507. The van der Waals surface area contributed by atoms with Crippen LogP contribution in [0.15, 0.2) is 27.4 Å². The van der Waals surface area contributed by atoms with E-state index in [1.54, 1.807) is 13.0 Å². The van der Waals surface area contributed by atoms with E-state index in [-0.39, 0.29) is 5.82 Å². The third-order valence-electron chi connectivity index (χ3n) is 2.26. The van der Waals surface area contributed by atoms with Gasteiger partial charge in [0.05, 0.1) is 0 Å². The van der Waals surface area contributed by atoms with Crippen LogP contribution in [0.4, 0.5) is 10.1 Å². The minimum Gasteiger partial charge on any atom is -0.398 e. The maximum atomic E-state index is 13.7. The molecule has 0 bridgehead atoms. The molecule has 4 heteroatoms. The fourth-order valence-corrected chi connectivity index (χ4v) is 2.88. The van der Waals surface area contributed by atoms with Crippen LogP contribution in [-0.2, 0) is 0 Å². The minimum absolute atomic E-state index is 0.235. The van der Waals surface area contributed by atoms with Gasteiger partial charge in [-0.25, -0.2) is 4.39 Å². The van der Waals surface area contributed by atoms with E-state index in [1.165, 1.54) is 17.4 Å². The maximum absolute atomic E-state index is 13.7. The molecule has 1 aromatic carbocycles. The molecule has 0 spiro atoms. The first-order valence-corrected chi connectivity index (χ1v) is 6.11. The van der Waals surface area contributed by atoms with Crippen molar-refractivity contribution >= 4 is 33.0 Å². The third kappa shape index (κ3) is 1.92. The summed E-state index contributed by atoms with van der Waals surface area (Å²) in [5.41, 5.74) is 8.55. The van der Waals surface area contributed by atoms with Crippen molar-refractivity contribution in [2.24, 2.45) is 0 Å². The van der Waals surface area contributed by atoms with Crippen molar-refractivity contribution in [1.29, 1.82) is 0 Å². The number of aryl methyl sites for hydroxylation is 1. The smallest absolute Gasteiger partial charge is 0.131 e. The standard InChI is InChI=1S/C11H9BrFNS/c1-6-2-10(13)7(3-11(6)14)8-4-15-5-9(8)12/h2-5H,14H2,1H3. The van der Waals surface area contributed by atoms with Gasteiger partial charge in [-0.2, -0.15) is 11.3 Å². The van der Waals surface area contributed by atoms with Crippen molar-refractivity contribution in [2.45, 2.75) is 6.92 Å². The molecule has 2 aromatic rings. The van der Waals surface area contributed by atoms with Crippen molar-refractivity contribution in [2.75, 3.05) is 5.73 Å². The summed E-state index contributed by atoms with van der Waals surface area (Å²) in [5, 5.41) is 3.82. The summed E-state index contributed by atoms with van der Waals surface area (Å²) in [7, 11) is 0. The predicted molar refractivity (Wildman–Crippen MR) is 66.6 cm³/mol. The summed E-state index contributed by atoms with van der Waals surface area (Å²) in [4.78, 5) is 0. The van der Waals surface area contributed by atoms with Crippen LogP contribution < -0.4 is 5.73 Å². The molecule has 1 heterocycles. The van der Waals surface area contributed by atoms with Crippen molar-refractivity contribution in [3.63, 3.8) is 0 Å². The Labute approximate surface area is 99.9 Å². The van der Waals surface area contributed by atoms with E-state index in [0.717, 1.165) is 15.6 Å². The molecule has 2 rings (SSSR count). The number of hydrogen-bond acceptors (Lipinski definition) is 2. The van der Waals surface area contributed by atoms with Gasteiger partial charge in [-0.15, -0.1) is 0 Å². The van der Waals surface area contributed by atoms with Gasteiger partial charge < -0.3 is 5.73 Å². The monoisotopic (exact) mass is 285 g/mol. The van der Waals surface area contributed by atoms with Gasteiger partial charge in [0.15, 0.2) is 0 Å². The van der Waals surface area contributed by atoms with Crippen LogP contribution in [0.1, 0.15) is 5.56 Å². The van der Waals surface area contributed by atoms with Crippen molar-refractivity contribution in [3.8, 4) is 11.1 Å². The van der Waals surface area contributed by atoms with E-state index in [2.05, 4.69) is 15.9 Å². The van der Waals surface area contributed by atoms with Gasteiger partial charge in [0.2, 0.25) is 0 Å². The number of thiophene rings is 1. The molecule has 1 nitrogen and oxygen atoms in total. The zero-order valence-electron chi connectivity index (χ0n) is 8.05. The second kappa shape index (κ2) is 3.94. The Hall–Kier alpha value is -0.870. The van der Waals surface area contributed by atoms with E-state index in [1.807, 2.05) is 10.8 Å². The summed E-state index contributed by atoms with van der Waals surface area (Å²) in [6, 6.07) is 3.15. The Balaban J connectivity index is 2.64. The summed E-state index contributed by atoms with van der Waals surface area (Å²) in [5.74, 6) is -0.235. The lowest BCUT2D eigenvalue weighted by atomic mass is 10.0. The first kappa shape index (κ1) is 10.6. The summed E-state index contributed by atoms with van der Waals surface area (Å²) < 4.78 is 14.6. The van der Waals surface area contributed by atoms with Gasteiger partial charge in [-0.1, -0.05) is 0 Å². The Morgan fingerprint density at radius 3 is 2.60 bits per heavy atom. The fraction of sp³-hybridized carbons (Fsp3) is 0.0909. The highest BCUT2D eigenvalue weighted by Gasteiger charge is 2.11. The molecule has 0 aliphatic heterocycles. The van der Waals surface area contributed by atoms with Crippen molar-refractivity contribution < 1.29 is 4.39 Å². The van der Waals surface area contributed by atoms with Crippen molar-refractivity contribution in [3.05, 3.63) is 38.7 Å². The number of benzene rings is 1. The lowest BCUT2D eigenvalue weighted by Crippen LogP contribution is -1.93. The largest absolute Gasteiger partial charge is 0.398 e. The number of nitrogen functional groups attached to an aromatic ring is 1. The van der Waals surface area contributed by atoms with E-state index in [9.17, 15) is 4.39 Å². The van der Waals surface area contributed by atoms with Gasteiger partial charge in [0, 0.05) is 26.7 Å². The van der Waals surface area contributed by atoms with Gasteiger partial charge in [-0.05, 0) is 45.9 Å². The van der Waals surface area contributed by atoms with E-state index < -0.39 is 0 Å². The molecule has 0 fully saturated rings. The Morgan fingerprint density at radius 1 is 1.27 bits per heavy atom. The zero-order valence-corrected chi connectivity index (χ0v) is 10.5. The normalized spacial score (nSPS) is 10.6.